The summed E-state index contributed by atoms with van der Waals surface area (Å²) in [6, 6.07) is 4.09. The van der Waals surface area contributed by atoms with Gasteiger partial charge in [-0.2, -0.15) is 13.2 Å². The maximum absolute atomic E-state index is 12.6. The average molecular weight is 387 g/mol. The molecule has 2 amide bonds. The van der Waals surface area contributed by atoms with Crippen LogP contribution in [-0.4, -0.2) is 63.0 Å². The van der Waals surface area contributed by atoms with Crippen molar-refractivity contribution in [3.05, 3.63) is 29.8 Å². The van der Waals surface area contributed by atoms with Crippen molar-refractivity contribution < 1.29 is 27.4 Å². The Hall–Kier alpha value is -1.84. The lowest BCUT2D eigenvalue weighted by molar-refractivity contribution is -0.137. The minimum Gasteiger partial charge on any atom is -0.381 e. The first-order valence-corrected chi connectivity index (χ1v) is 9.05. The first kappa shape index (κ1) is 19.9. The van der Waals surface area contributed by atoms with Crippen LogP contribution < -0.4 is 10.6 Å². The van der Waals surface area contributed by atoms with Gasteiger partial charge in [0.1, 0.15) is 0 Å². The van der Waals surface area contributed by atoms with Gasteiger partial charge in [0.25, 0.3) is 0 Å². The van der Waals surface area contributed by atoms with Gasteiger partial charge in [-0.3, -0.25) is 4.90 Å². The molecule has 150 valence electrons. The predicted octanol–water partition coefficient (Wildman–Crippen LogP) is 2.56. The summed E-state index contributed by atoms with van der Waals surface area (Å²) in [4.78, 5) is 14.5. The van der Waals surface area contributed by atoms with Gasteiger partial charge in [-0.25, -0.2) is 4.79 Å². The molecule has 2 fully saturated rings. The van der Waals surface area contributed by atoms with Crippen LogP contribution in [0.5, 0.6) is 0 Å². The summed E-state index contributed by atoms with van der Waals surface area (Å²) < 4.78 is 48.7. The Bertz CT molecular complexity index is 613. The molecule has 2 saturated heterocycles. The summed E-state index contributed by atoms with van der Waals surface area (Å²) in [6.07, 6.45) is -3.44. The number of nitrogens with one attached hydrogen (secondary N) is 2. The first-order valence-electron chi connectivity index (χ1n) is 9.05. The highest BCUT2D eigenvalue weighted by molar-refractivity contribution is 5.89. The Morgan fingerprint density at radius 2 is 1.85 bits per heavy atom. The summed E-state index contributed by atoms with van der Waals surface area (Å²) in [5, 5.41) is 5.42. The number of benzene rings is 1. The van der Waals surface area contributed by atoms with Gasteiger partial charge in [0.2, 0.25) is 0 Å². The van der Waals surface area contributed by atoms with Gasteiger partial charge in [-0.1, -0.05) is 0 Å². The van der Waals surface area contributed by atoms with Crippen molar-refractivity contribution in [2.24, 2.45) is 5.92 Å². The second-order valence-electron chi connectivity index (χ2n) is 6.75. The topological polar surface area (TPSA) is 62.8 Å². The van der Waals surface area contributed by atoms with Crippen LogP contribution in [0.15, 0.2) is 24.3 Å². The van der Waals surface area contributed by atoms with Crippen molar-refractivity contribution >= 4 is 11.7 Å². The Morgan fingerprint density at radius 1 is 1.15 bits per heavy atom. The Morgan fingerprint density at radius 3 is 2.44 bits per heavy atom. The molecule has 2 aliphatic rings. The number of carbonyl (C=O) groups is 1. The van der Waals surface area contributed by atoms with Gasteiger partial charge in [0, 0.05) is 43.9 Å². The molecule has 2 atom stereocenters. The molecule has 0 radical (unpaired) electrons. The van der Waals surface area contributed by atoms with Gasteiger partial charge in [-0.05, 0) is 30.7 Å². The van der Waals surface area contributed by atoms with Crippen LogP contribution in [0, 0.1) is 5.92 Å². The summed E-state index contributed by atoms with van der Waals surface area (Å²) in [7, 11) is 0. The average Bonchev–Trinajstić information content (AvgIpc) is 3.17. The predicted molar refractivity (Wildman–Crippen MR) is 93.6 cm³/mol. The van der Waals surface area contributed by atoms with Crippen LogP contribution in [0.4, 0.5) is 23.7 Å². The zero-order valence-electron chi connectivity index (χ0n) is 14.9. The Balaban J connectivity index is 1.54. The highest BCUT2D eigenvalue weighted by Crippen LogP contribution is 2.29. The molecule has 2 unspecified atom stereocenters. The van der Waals surface area contributed by atoms with Crippen molar-refractivity contribution in [1.82, 2.24) is 10.2 Å². The zero-order valence-corrected chi connectivity index (χ0v) is 14.9. The van der Waals surface area contributed by atoms with Crippen LogP contribution in [0.3, 0.4) is 0 Å². The maximum atomic E-state index is 12.6. The molecular weight excluding hydrogens is 363 g/mol. The normalized spacial score (nSPS) is 22.4. The highest BCUT2D eigenvalue weighted by Gasteiger charge is 2.32. The fourth-order valence-electron chi connectivity index (χ4n) is 3.47. The van der Waals surface area contributed by atoms with E-state index in [0.717, 1.165) is 38.2 Å². The van der Waals surface area contributed by atoms with Crippen LogP contribution in [0.1, 0.15) is 12.0 Å². The second-order valence-corrected chi connectivity index (χ2v) is 6.75. The van der Waals surface area contributed by atoms with E-state index in [2.05, 4.69) is 15.5 Å². The number of hydrogen-bond donors (Lipinski definition) is 2. The number of amides is 2. The molecule has 0 bridgehead atoms. The third-order valence-electron chi connectivity index (χ3n) is 4.97. The van der Waals surface area contributed by atoms with E-state index in [-0.39, 0.29) is 6.04 Å². The number of rotatable bonds is 5. The molecule has 0 aromatic heterocycles. The lowest BCUT2D eigenvalue weighted by atomic mass is 9.97. The smallest absolute Gasteiger partial charge is 0.381 e. The quantitative estimate of drug-likeness (QED) is 0.815. The highest BCUT2D eigenvalue weighted by atomic mass is 19.4. The van der Waals surface area contributed by atoms with E-state index in [4.69, 9.17) is 9.47 Å². The molecule has 0 saturated carbocycles. The molecule has 1 aromatic carbocycles. The van der Waals surface area contributed by atoms with E-state index in [9.17, 15) is 18.0 Å². The number of halogens is 3. The van der Waals surface area contributed by atoms with Crippen LogP contribution in [0.25, 0.3) is 0 Å². The molecule has 2 heterocycles. The number of carbonyl (C=O) groups excluding carboxylic acids is 1. The maximum Gasteiger partial charge on any atom is 0.416 e. The summed E-state index contributed by atoms with van der Waals surface area (Å²) in [5.74, 6) is 0.342. The van der Waals surface area contributed by atoms with E-state index >= 15 is 0 Å². The Kier molecular flexibility index (Phi) is 6.56. The van der Waals surface area contributed by atoms with E-state index in [1.165, 1.54) is 12.1 Å². The second kappa shape index (κ2) is 8.90. The Labute approximate surface area is 156 Å². The molecule has 0 aliphatic carbocycles. The number of hydrogen-bond acceptors (Lipinski definition) is 4. The lowest BCUT2D eigenvalue weighted by Gasteiger charge is -2.37. The monoisotopic (exact) mass is 387 g/mol. The number of urea groups is 1. The summed E-state index contributed by atoms with van der Waals surface area (Å²) in [5.41, 5.74) is -0.435. The van der Waals surface area contributed by atoms with E-state index in [1.54, 1.807) is 0 Å². The lowest BCUT2D eigenvalue weighted by Crippen LogP contribution is -2.52. The van der Waals surface area contributed by atoms with Crippen molar-refractivity contribution in [3.8, 4) is 0 Å². The van der Waals surface area contributed by atoms with Crippen molar-refractivity contribution in [3.63, 3.8) is 0 Å². The third-order valence-corrected chi connectivity index (χ3v) is 4.97. The number of anilines is 1. The van der Waals surface area contributed by atoms with Gasteiger partial charge < -0.3 is 20.1 Å². The van der Waals surface area contributed by atoms with Crippen molar-refractivity contribution in [1.29, 1.82) is 0 Å². The van der Waals surface area contributed by atoms with Gasteiger partial charge >= 0.3 is 12.2 Å². The van der Waals surface area contributed by atoms with Gasteiger partial charge in [0.05, 0.1) is 25.4 Å². The van der Waals surface area contributed by atoms with Gasteiger partial charge in [-0.15, -0.1) is 0 Å². The minimum absolute atomic E-state index is 0.148. The van der Waals surface area contributed by atoms with E-state index < -0.39 is 17.8 Å². The summed E-state index contributed by atoms with van der Waals surface area (Å²) >= 11 is 0. The standard InChI is InChI=1S/C18H24F3N3O3/c19-18(20,21)14-1-3-15(4-2-14)23-17(25)22-11-16(13-5-8-27-12-13)24-6-9-26-10-7-24/h1-4,13,16H,5-12H2,(H2,22,23,25). The number of nitrogens with zero attached hydrogens (tertiary/aromatic N) is 1. The SMILES string of the molecule is O=C(NCC(C1CCOC1)N1CCOCC1)Nc1ccc(C(F)(F)F)cc1. The third kappa shape index (κ3) is 5.57. The van der Waals surface area contributed by atoms with E-state index in [1.807, 2.05) is 0 Å². The van der Waals surface area contributed by atoms with Crippen molar-refractivity contribution in [2.45, 2.75) is 18.6 Å². The van der Waals surface area contributed by atoms with Crippen LogP contribution >= 0.6 is 0 Å². The fourth-order valence-corrected chi connectivity index (χ4v) is 3.47. The molecule has 2 N–H and O–H groups in total. The van der Waals surface area contributed by atoms with E-state index in [0.29, 0.717) is 38.0 Å². The van der Waals surface area contributed by atoms with Crippen LogP contribution in [-0.2, 0) is 15.7 Å². The fraction of sp³-hybridized carbons (Fsp3) is 0.611. The number of ether oxygens (including phenoxy) is 2. The molecule has 2 aliphatic heterocycles. The summed E-state index contributed by atoms with van der Waals surface area (Å²) in [6.45, 7) is 4.80. The van der Waals surface area contributed by atoms with Crippen molar-refractivity contribution in [2.75, 3.05) is 51.4 Å². The molecule has 3 rings (SSSR count). The first-order chi connectivity index (χ1) is 12.9. The van der Waals surface area contributed by atoms with Crippen LogP contribution in [0.2, 0.25) is 0 Å². The zero-order chi connectivity index (χ0) is 19.3. The number of alkyl halides is 3. The number of morpholine rings is 1. The minimum atomic E-state index is -4.39. The molecule has 27 heavy (non-hydrogen) atoms. The largest absolute Gasteiger partial charge is 0.416 e. The molecule has 1 aromatic rings. The molecular formula is C18H24F3N3O3. The molecule has 0 spiro atoms. The van der Waals surface area contributed by atoms with Gasteiger partial charge in [0.15, 0.2) is 0 Å². The molecule has 6 nitrogen and oxygen atoms in total. The molecule has 9 heteroatoms.